The smallest absolute Gasteiger partial charge is 0.200 e. The summed E-state index contributed by atoms with van der Waals surface area (Å²) in [4.78, 5) is 0. The van der Waals surface area contributed by atoms with Gasteiger partial charge in [-0.1, -0.05) is 6.92 Å². The molecule has 0 spiro atoms. The number of phenolic OH excluding ortho intramolecular Hbond substituents is 2. The topological polar surface area (TPSA) is 83.3 Å². The summed E-state index contributed by atoms with van der Waals surface area (Å²) in [5.74, 6) is 1.25. The van der Waals surface area contributed by atoms with E-state index in [-0.39, 0.29) is 11.5 Å². The number of aryl methyl sites for hydroxylation is 2. The van der Waals surface area contributed by atoms with E-state index in [4.69, 9.17) is 17.0 Å². The largest absolute Gasteiger partial charge is 0.508 e. The molecule has 0 fully saturated rings. The van der Waals surface area contributed by atoms with Crippen LogP contribution < -0.4 is 4.74 Å². The number of hydrogen-bond donors (Lipinski definition) is 3. The van der Waals surface area contributed by atoms with Crippen LogP contribution in [-0.4, -0.2) is 32.1 Å². The summed E-state index contributed by atoms with van der Waals surface area (Å²) in [5, 5.41) is 27.3. The highest BCUT2D eigenvalue weighted by Gasteiger charge is 2.17. The van der Waals surface area contributed by atoms with Crippen LogP contribution in [-0.2, 0) is 6.42 Å². The molecule has 0 saturated carbocycles. The van der Waals surface area contributed by atoms with E-state index in [9.17, 15) is 10.2 Å². The van der Waals surface area contributed by atoms with Crippen LogP contribution in [0, 0.1) is 11.7 Å². The summed E-state index contributed by atoms with van der Waals surface area (Å²) in [7, 11) is 1.62. The fourth-order valence-corrected chi connectivity index (χ4v) is 3.04. The fourth-order valence-electron chi connectivity index (χ4n) is 2.80. The molecular formula is C18H19N3O3S. The van der Waals surface area contributed by atoms with E-state index in [1.807, 2.05) is 32.0 Å². The van der Waals surface area contributed by atoms with Crippen LogP contribution in [0.3, 0.4) is 0 Å². The number of phenols is 2. The Labute approximate surface area is 150 Å². The van der Waals surface area contributed by atoms with Gasteiger partial charge in [-0.15, -0.1) is 0 Å². The maximum Gasteiger partial charge on any atom is 0.200 e. The Balaban J connectivity index is 2.22. The molecule has 0 aliphatic heterocycles. The Morgan fingerprint density at radius 2 is 1.96 bits per heavy atom. The number of methoxy groups -OCH3 is 1. The third kappa shape index (κ3) is 2.98. The molecule has 0 radical (unpaired) electrons. The first kappa shape index (κ1) is 17.0. The Kier molecular flexibility index (Phi) is 4.50. The minimum Gasteiger partial charge on any atom is -0.508 e. The number of H-pyrrole nitrogens is 1. The highest BCUT2D eigenvalue weighted by atomic mass is 32.1. The maximum absolute atomic E-state index is 10.3. The zero-order chi connectivity index (χ0) is 18.1. The van der Waals surface area contributed by atoms with Crippen molar-refractivity contribution < 1.29 is 14.9 Å². The average molecular weight is 357 g/mol. The van der Waals surface area contributed by atoms with Gasteiger partial charge in [-0.25, -0.2) is 0 Å². The molecule has 0 aliphatic rings. The van der Waals surface area contributed by atoms with Gasteiger partial charge in [0, 0.05) is 6.07 Å². The van der Waals surface area contributed by atoms with E-state index in [1.54, 1.807) is 17.7 Å². The minimum absolute atomic E-state index is 0.0599. The predicted octanol–water partition coefficient (Wildman–Crippen LogP) is 3.89. The van der Waals surface area contributed by atoms with E-state index in [0.717, 1.165) is 22.6 Å². The molecule has 0 bridgehead atoms. The molecule has 3 aromatic rings. The quantitative estimate of drug-likeness (QED) is 0.617. The molecule has 0 saturated heterocycles. The number of aromatic nitrogens is 3. The van der Waals surface area contributed by atoms with E-state index in [0.29, 0.717) is 22.6 Å². The Morgan fingerprint density at radius 1 is 1.20 bits per heavy atom. The van der Waals surface area contributed by atoms with Gasteiger partial charge in [-0.3, -0.25) is 9.67 Å². The van der Waals surface area contributed by atoms with E-state index < -0.39 is 0 Å². The van der Waals surface area contributed by atoms with Gasteiger partial charge in [0.15, 0.2) is 10.6 Å². The zero-order valence-corrected chi connectivity index (χ0v) is 15.0. The molecule has 0 aliphatic carbocycles. The molecule has 7 heteroatoms. The van der Waals surface area contributed by atoms with E-state index in [2.05, 4.69) is 10.2 Å². The second kappa shape index (κ2) is 6.60. The van der Waals surface area contributed by atoms with Gasteiger partial charge in [0.1, 0.15) is 17.2 Å². The monoisotopic (exact) mass is 357 g/mol. The van der Waals surface area contributed by atoms with Crippen molar-refractivity contribution in [3.63, 3.8) is 0 Å². The van der Waals surface area contributed by atoms with Crippen LogP contribution in [0.4, 0.5) is 0 Å². The molecule has 3 N–H and O–H groups in total. The summed E-state index contributed by atoms with van der Waals surface area (Å²) >= 11 is 5.37. The number of nitrogens with zero attached hydrogens (tertiary/aromatic N) is 2. The van der Waals surface area contributed by atoms with Crippen LogP contribution in [0.2, 0.25) is 0 Å². The molecular weight excluding hydrogens is 338 g/mol. The first-order valence-corrected chi connectivity index (χ1v) is 8.24. The maximum atomic E-state index is 10.3. The van der Waals surface area contributed by atoms with Crippen molar-refractivity contribution in [1.82, 2.24) is 14.8 Å². The van der Waals surface area contributed by atoms with Gasteiger partial charge in [0.25, 0.3) is 0 Å². The zero-order valence-electron chi connectivity index (χ0n) is 14.2. The summed E-state index contributed by atoms with van der Waals surface area (Å²) in [6.45, 7) is 3.87. The van der Waals surface area contributed by atoms with Crippen molar-refractivity contribution >= 4 is 12.2 Å². The van der Waals surface area contributed by atoms with Crippen molar-refractivity contribution in [3.05, 3.63) is 46.2 Å². The summed E-state index contributed by atoms with van der Waals surface area (Å²) in [6.07, 6.45) is 0.631. The fraction of sp³-hybridized carbons (Fsp3) is 0.222. The molecule has 0 unspecified atom stereocenters. The summed E-state index contributed by atoms with van der Waals surface area (Å²) < 4.78 is 7.45. The molecule has 0 amide bonds. The third-order valence-corrected chi connectivity index (χ3v) is 4.40. The Bertz CT molecular complexity index is 992. The number of hydrogen-bond acceptors (Lipinski definition) is 5. The Hall–Kier alpha value is -2.80. The number of benzene rings is 2. The summed E-state index contributed by atoms with van der Waals surface area (Å²) in [5.41, 5.74) is 2.98. The van der Waals surface area contributed by atoms with Gasteiger partial charge in [-0.2, -0.15) is 5.10 Å². The van der Waals surface area contributed by atoms with Crippen LogP contribution in [0.25, 0.3) is 17.1 Å². The molecule has 1 heterocycles. The lowest BCUT2D eigenvalue weighted by atomic mass is 10.1. The van der Waals surface area contributed by atoms with Crippen molar-refractivity contribution in [2.45, 2.75) is 20.3 Å². The first-order chi connectivity index (χ1) is 12.0. The number of rotatable bonds is 4. The molecule has 1 aromatic heterocycles. The van der Waals surface area contributed by atoms with Crippen LogP contribution >= 0.6 is 12.2 Å². The minimum atomic E-state index is -0.0600. The highest BCUT2D eigenvalue weighted by Crippen LogP contribution is 2.35. The van der Waals surface area contributed by atoms with Crippen molar-refractivity contribution in [1.29, 1.82) is 0 Å². The van der Waals surface area contributed by atoms with Gasteiger partial charge < -0.3 is 14.9 Å². The SMILES string of the molecule is CCc1cc(-c2n[nH]c(=S)n2-c2ccc(OC)c(C)c2)c(O)cc1O. The van der Waals surface area contributed by atoms with E-state index in [1.165, 1.54) is 6.07 Å². The predicted molar refractivity (Wildman–Crippen MR) is 98.2 cm³/mol. The van der Waals surface area contributed by atoms with Gasteiger partial charge >= 0.3 is 0 Å². The van der Waals surface area contributed by atoms with Crippen LogP contribution in [0.1, 0.15) is 18.1 Å². The van der Waals surface area contributed by atoms with Crippen molar-refractivity contribution in [2.75, 3.05) is 7.11 Å². The average Bonchev–Trinajstić information content (AvgIpc) is 2.96. The van der Waals surface area contributed by atoms with Gasteiger partial charge in [-0.05, 0) is 61.0 Å². The molecule has 0 atom stereocenters. The molecule has 2 aromatic carbocycles. The van der Waals surface area contributed by atoms with E-state index >= 15 is 0 Å². The number of ether oxygens (including phenoxy) is 1. The lowest BCUT2D eigenvalue weighted by Crippen LogP contribution is -2.00. The second-order valence-corrected chi connectivity index (χ2v) is 6.08. The molecule has 130 valence electrons. The summed E-state index contributed by atoms with van der Waals surface area (Å²) in [6, 6.07) is 8.72. The normalized spacial score (nSPS) is 10.8. The lowest BCUT2D eigenvalue weighted by Gasteiger charge is -2.12. The lowest BCUT2D eigenvalue weighted by molar-refractivity contribution is 0.411. The van der Waals surface area contributed by atoms with Crippen LogP contribution in [0.5, 0.6) is 17.2 Å². The van der Waals surface area contributed by atoms with Crippen LogP contribution in [0.15, 0.2) is 30.3 Å². The Morgan fingerprint density at radius 3 is 2.60 bits per heavy atom. The number of aromatic amines is 1. The third-order valence-electron chi connectivity index (χ3n) is 4.13. The second-order valence-electron chi connectivity index (χ2n) is 5.69. The van der Waals surface area contributed by atoms with Crippen molar-refractivity contribution in [2.24, 2.45) is 0 Å². The molecule has 3 rings (SSSR count). The molecule has 25 heavy (non-hydrogen) atoms. The molecule has 6 nitrogen and oxygen atoms in total. The van der Waals surface area contributed by atoms with Crippen molar-refractivity contribution in [3.8, 4) is 34.3 Å². The van der Waals surface area contributed by atoms with Gasteiger partial charge in [0.05, 0.1) is 18.4 Å². The number of aromatic hydroxyl groups is 2. The highest BCUT2D eigenvalue weighted by molar-refractivity contribution is 7.71. The first-order valence-electron chi connectivity index (χ1n) is 7.84. The number of nitrogens with one attached hydrogen (secondary N) is 1. The standard InChI is InChI=1S/C18H19N3O3S/c1-4-11-8-13(15(23)9-14(11)22)17-19-20-18(25)21(17)12-5-6-16(24-3)10(2)7-12/h5-9,22-23H,4H2,1-3H3,(H,20,25). The van der Waals surface area contributed by atoms with Gasteiger partial charge in [0.2, 0.25) is 0 Å².